The summed E-state index contributed by atoms with van der Waals surface area (Å²) in [4.78, 5) is 13.6. The molecule has 0 fully saturated rings. The Balaban J connectivity index is -0.0000000642. The van der Waals surface area contributed by atoms with E-state index in [0.717, 1.165) is 0 Å². The first-order valence-corrected chi connectivity index (χ1v) is 14.6. The minimum atomic E-state index is 0. The Morgan fingerprint density at radius 2 is 1.10 bits per heavy atom. The maximum absolute atomic E-state index is 10.1. The van der Waals surface area contributed by atoms with Gasteiger partial charge in [-0.25, -0.2) is 0 Å². The number of hydrogen-bond acceptors (Lipinski definition) is 2. The zero-order valence-electron chi connectivity index (χ0n) is 29.7. The van der Waals surface area contributed by atoms with Gasteiger partial charge in [-0.3, -0.25) is 4.79 Å². The van der Waals surface area contributed by atoms with E-state index in [1.165, 1.54) is 40.6 Å². The topological polar surface area (TPSA) is 28.5 Å². The molecule has 2 aromatic rings. The first-order valence-electron chi connectivity index (χ1n) is 14.6. The molecule has 238 valence electrons. The summed E-state index contributed by atoms with van der Waals surface area (Å²) in [6.45, 7) is 26.0. The number of aromatic nitrogens is 1. The predicted octanol–water partition coefficient (Wildman–Crippen LogP) is 10.6. The molecule has 4 nitrogen and oxygen atoms in total. The highest BCUT2D eigenvalue weighted by Crippen LogP contribution is 2.16. The molecule has 0 atom stereocenters. The SMILES string of the molecule is C.CC.CC.CC.CC.CC(=O)N(C)C.CC1=C(C)CC=C1.CN(C)C.Cc1ccccc1.Cc1cccn1C. The minimum Gasteiger partial charge on any atom is -0.355 e. The number of carbonyl (C=O) groups is 1. The average Bonchev–Trinajstić information content (AvgIpc) is 3.50. The highest BCUT2D eigenvalue weighted by Gasteiger charge is 1.95. The molecular weight excluding hydrogens is 490 g/mol. The van der Waals surface area contributed by atoms with Gasteiger partial charge >= 0.3 is 0 Å². The Morgan fingerprint density at radius 3 is 1.20 bits per heavy atom. The fraction of sp³-hybridized carbons (Fsp3) is 0.583. The van der Waals surface area contributed by atoms with Gasteiger partial charge in [-0.1, -0.05) is 122 Å². The van der Waals surface area contributed by atoms with Crippen LogP contribution in [0.2, 0.25) is 0 Å². The van der Waals surface area contributed by atoms with Gasteiger partial charge < -0.3 is 14.4 Å². The largest absolute Gasteiger partial charge is 0.355 e. The van der Waals surface area contributed by atoms with Crippen LogP contribution in [-0.4, -0.2) is 55.5 Å². The molecule has 1 aromatic carbocycles. The number of allylic oxidation sites excluding steroid dienone is 4. The molecule has 1 aliphatic rings. The lowest BCUT2D eigenvalue weighted by molar-refractivity contribution is -0.126. The molecule has 0 saturated carbocycles. The molecule has 3 rings (SSSR count). The number of benzene rings is 1. The van der Waals surface area contributed by atoms with Crippen molar-refractivity contribution in [1.82, 2.24) is 14.4 Å². The van der Waals surface area contributed by atoms with E-state index in [-0.39, 0.29) is 13.3 Å². The second kappa shape index (κ2) is 43.5. The van der Waals surface area contributed by atoms with Crippen molar-refractivity contribution in [3.05, 3.63) is 83.2 Å². The van der Waals surface area contributed by atoms with Gasteiger partial charge in [0.05, 0.1) is 0 Å². The normalized spacial score (nSPS) is 9.20. The van der Waals surface area contributed by atoms with E-state index < -0.39 is 0 Å². The maximum Gasteiger partial charge on any atom is 0.218 e. The van der Waals surface area contributed by atoms with Crippen LogP contribution >= 0.6 is 0 Å². The van der Waals surface area contributed by atoms with Crippen molar-refractivity contribution in [3.63, 3.8) is 0 Å². The standard InChI is InChI=1S/C7H10.C7H8.C6H9N.C4H9NO.C3H9N.4C2H6.CH4/c1-6-4-3-5-7(6)2;1-7-5-3-2-4-6-7;1-6-4-3-5-7(6)2;1-4(6)5(2)3;1-4(2)3;4*1-2;/h3-4H,5H2,1-2H3;2-6H,1H3;3-5H,1-2H3;1-3H3;1-3H3;4*1-2H3;1H4. The summed E-state index contributed by atoms with van der Waals surface area (Å²) in [5, 5.41) is 0. The van der Waals surface area contributed by atoms with Crippen LogP contribution < -0.4 is 0 Å². The summed E-state index contributed by atoms with van der Waals surface area (Å²) in [7, 11) is 11.5. The average molecular weight is 564 g/mol. The maximum atomic E-state index is 10.1. The number of aryl methyl sites for hydroxylation is 3. The third kappa shape index (κ3) is 48.5. The van der Waals surface area contributed by atoms with E-state index in [1.807, 2.05) is 119 Å². The van der Waals surface area contributed by atoms with Crippen LogP contribution in [0.3, 0.4) is 0 Å². The zero-order valence-corrected chi connectivity index (χ0v) is 29.7. The van der Waals surface area contributed by atoms with Gasteiger partial charge in [0.1, 0.15) is 0 Å². The predicted molar refractivity (Wildman–Crippen MR) is 190 cm³/mol. The molecule has 0 radical (unpaired) electrons. The Hall–Kier alpha value is -2.59. The fourth-order valence-electron chi connectivity index (χ4n) is 1.80. The lowest BCUT2D eigenvalue weighted by Gasteiger charge is -2.02. The van der Waals surface area contributed by atoms with Crippen molar-refractivity contribution in [2.24, 2.45) is 7.05 Å². The second-order valence-corrected chi connectivity index (χ2v) is 8.24. The van der Waals surface area contributed by atoms with Crippen LogP contribution in [0.5, 0.6) is 0 Å². The molecule has 0 spiro atoms. The van der Waals surface area contributed by atoms with Gasteiger partial charge in [-0.05, 0) is 67.4 Å². The van der Waals surface area contributed by atoms with Crippen LogP contribution in [0.1, 0.15) is 101 Å². The van der Waals surface area contributed by atoms with Crippen molar-refractivity contribution >= 4 is 5.91 Å². The highest BCUT2D eigenvalue weighted by molar-refractivity contribution is 5.72. The monoisotopic (exact) mass is 564 g/mol. The second-order valence-electron chi connectivity index (χ2n) is 8.24. The quantitative estimate of drug-likeness (QED) is 0.319. The van der Waals surface area contributed by atoms with Crippen LogP contribution in [0, 0.1) is 13.8 Å². The number of hydrogen-bond donors (Lipinski definition) is 0. The molecule has 0 aliphatic heterocycles. The number of rotatable bonds is 0. The molecule has 1 heterocycles. The van der Waals surface area contributed by atoms with Gasteiger partial charge in [0.15, 0.2) is 0 Å². The first-order chi connectivity index (χ1) is 18.4. The molecule has 0 N–H and O–H groups in total. The van der Waals surface area contributed by atoms with Crippen molar-refractivity contribution in [3.8, 4) is 0 Å². The molecule has 1 aliphatic carbocycles. The summed E-state index contributed by atoms with van der Waals surface area (Å²) in [5.41, 5.74) is 5.59. The van der Waals surface area contributed by atoms with Crippen LogP contribution in [0.25, 0.3) is 0 Å². The number of amides is 1. The van der Waals surface area contributed by atoms with Gasteiger partial charge in [0.2, 0.25) is 5.91 Å². The van der Waals surface area contributed by atoms with Crippen LogP contribution in [0.15, 0.2) is 72.0 Å². The summed E-state index contributed by atoms with van der Waals surface area (Å²) in [6, 6.07) is 14.4. The lowest BCUT2D eigenvalue weighted by atomic mass is 10.2. The van der Waals surface area contributed by atoms with Crippen molar-refractivity contribution in [2.45, 2.75) is 104 Å². The van der Waals surface area contributed by atoms with Crippen LogP contribution in [0.4, 0.5) is 0 Å². The molecule has 1 aromatic heterocycles. The Morgan fingerprint density at radius 1 is 0.725 bits per heavy atom. The fourth-order valence-corrected chi connectivity index (χ4v) is 1.80. The van der Waals surface area contributed by atoms with Gasteiger partial charge in [0, 0.05) is 40.0 Å². The molecule has 0 unspecified atom stereocenters. The van der Waals surface area contributed by atoms with E-state index in [2.05, 4.69) is 62.6 Å². The first kappa shape index (κ1) is 53.6. The smallest absolute Gasteiger partial charge is 0.218 e. The Labute approximate surface area is 254 Å². The van der Waals surface area contributed by atoms with E-state index in [0.29, 0.717) is 0 Å². The van der Waals surface area contributed by atoms with Crippen molar-refractivity contribution in [1.29, 1.82) is 0 Å². The van der Waals surface area contributed by atoms with Gasteiger partial charge in [0.25, 0.3) is 0 Å². The van der Waals surface area contributed by atoms with Crippen LogP contribution in [-0.2, 0) is 11.8 Å². The van der Waals surface area contributed by atoms with E-state index in [1.54, 1.807) is 14.1 Å². The van der Waals surface area contributed by atoms with Crippen molar-refractivity contribution < 1.29 is 4.79 Å². The Kier molecular flexibility index (Phi) is 58.3. The molecule has 1 amide bonds. The number of carbonyl (C=O) groups excluding carboxylic acids is 1. The van der Waals surface area contributed by atoms with Gasteiger partial charge in [-0.15, -0.1) is 0 Å². The summed E-state index contributed by atoms with van der Waals surface area (Å²) in [6.07, 6.45) is 7.58. The lowest BCUT2D eigenvalue weighted by Crippen LogP contribution is -2.17. The summed E-state index contributed by atoms with van der Waals surface area (Å²) in [5.74, 6) is 0.0926. The molecule has 0 saturated heterocycles. The minimum absolute atomic E-state index is 0. The van der Waals surface area contributed by atoms with E-state index in [4.69, 9.17) is 0 Å². The molecule has 0 bridgehead atoms. The third-order valence-electron chi connectivity index (χ3n) is 4.24. The summed E-state index contributed by atoms with van der Waals surface area (Å²) < 4.78 is 2.08. The zero-order chi connectivity index (χ0) is 32.4. The van der Waals surface area contributed by atoms with E-state index in [9.17, 15) is 4.79 Å². The molecule has 4 heteroatoms. The van der Waals surface area contributed by atoms with Gasteiger partial charge in [-0.2, -0.15) is 0 Å². The highest BCUT2D eigenvalue weighted by atomic mass is 16.2. The molecule has 40 heavy (non-hydrogen) atoms. The summed E-state index contributed by atoms with van der Waals surface area (Å²) >= 11 is 0. The Bertz CT molecular complexity index is 751. The van der Waals surface area contributed by atoms with Crippen molar-refractivity contribution in [2.75, 3.05) is 35.2 Å². The van der Waals surface area contributed by atoms with E-state index >= 15 is 0 Å². The molecular formula is C36H73N3O. The number of nitrogens with zero attached hydrogens (tertiary/aromatic N) is 3. The third-order valence-corrected chi connectivity index (χ3v) is 4.24.